The number of benzene rings is 1. The van der Waals surface area contributed by atoms with Gasteiger partial charge in [0.15, 0.2) is 0 Å². The number of nitrogens with one attached hydrogen (secondary N) is 1. The van der Waals surface area contributed by atoms with Crippen LogP contribution in [0.2, 0.25) is 0 Å². The lowest BCUT2D eigenvalue weighted by Gasteiger charge is -2.21. The van der Waals surface area contributed by atoms with Crippen molar-refractivity contribution in [2.24, 2.45) is 0 Å². The van der Waals surface area contributed by atoms with E-state index in [1.165, 1.54) is 6.07 Å². The van der Waals surface area contributed by atoms with Gasteiger partial charge in [-0.25, -0.2) is 4.39 Å². The molecule has 4 heteroatoms. The van der Waals surface area contributed by atoms with E-state index >= 15 is 0 Å². The van der Waals surface area contributed by atoms with Crippen LogP contribution >= 0.6 is 0 Å². The van der Waals surface area contributed by atoms with Crippen molar-refractivity contribution in [3.63, 3.8) is 0 Å². The summed E-state index contributed by atoms with van der Waals surface area (Å²) in [6.07, 6.45) is 3.43. The quantitative estimate of drug-likeness (QED) is 0.909. The molecule has 1 atom stereocenters. The summed E-state index contributed by atoms with van der Waals surface area (Å²) in [4.78, 5) is 4.07. The normalized spacial score (nSPS) is 12.2. The van der Waals surface area contributed by atoms with E-state index in [0.29, 0.717) is 5.56 Å². The minimum Gasteiger partial charge on any atom is -0.495 e. The number of hydrogen-bond donors (Lipinski definition) is 1. The highest BCUT2D eigenvalue weighted by Gasteiger charge is 2.18. The molecule has 0 bridgehead atoms. The lowest BCUT2D eigenvalue weighted by molar-refractivity contribution is 0.402. The molecule has 0 saturated carbocycles. The number of aryl methyl sites for hydroxylation is 1. The summed E-state index contributed by atoms with van der Waals surface area (Å²) in [6.45, 7) is 4.61. The summed E-state index contributed by atoms with van der Waals surface area (Å²) < 4.78 is 18.8. The number of nitrogens with zero attached hydrogens (tertiary/aromatic N) is 1. The van der Waals surface area contributed by atoms with Crippen LogP contribution in [0.3, 0.4) is 0 Å². The summed E-state index contributed by atoms with van der Waals surface area (Å²) in [5.74, 6) is 0.533. The molecule has 0 aliphatic heterocycles. The maximum Gasteiger partial charge on any atom is 0.142 e. The Hall–Kier alpha value is -1.94. The van der Waals surface area contributed by atoms with E-state index in [0.717, 1.165) is 23.4 Å². The highest BCUT2D eigenvalue weighted by Crippen LogP contribution is 2.29. The SMILES string of the molecule is CCNC(c1ccc(F)c(C)c1)c1ccncc1OC. The molecule has 0 amide bonds. The van der Waals surface area contributed by atoms with Gasteiger partial charge >= 0.3 is 0 Å². The van der Waals surface area contributed by atoms with Crippen molar-refractivity contribution in [1.82, 2.24) is 10.3 Å². The van der Waals surface area contributed by atoms with Gasteiger partial charge in [-0.05, 0) is 36.7 Å². The van der Waals surface area contributed by atoms with E-state index in [1.54, 1.807) is 32.5 Å². The largest absolute Gasteiger partial charge is 0.495 e. The average molecular weight is 274 g/mol. The number of aromatic nitrogens is 1. The fraction of sp³-hybridized carbons (Fsp3) is 0.312. The summed E-state index contributed by atoms with van der Waals surface area (Å²) in [7, 11) is 1.62. The van der Waals surface area contributed by atoms with Gasteiger partial charge in [0.05, 0.1) is 19.3 Å². The van der Waals surface area contributed by atoms with E-state index in [-0.39, 0.29) is 11.9 Å². The Labute approximate surface area is 118 Å². The molecule has 0 aliphatic carbocycles. The van der Waals surface area contributed by atoms with Crippen molar-refractivity contribution >= 4 is 0 Å². The van der Waals surface area contributed by atoms with Crippen LogP contribution in [-0.2, 0) is 0 Å². The lowest BCUT2D eigenvalue weighted by atomic mass is 9.97. The molecular formula is C16H19FN2O. The predicted molar refractivity (Wildman–Crippen MR) is 77.4 cm³/mol. The molecule has 20 heavy (non-hydrogen) atoms. The Kier molecular flexibility index (Phi) is 4.69. The molecule has 0 fully saturated rings. The minimum absolute atomic E-state index is 0.0442. The molecule has 0 saturated heterocycles. The first-order valence-corrected chi connectivity index (χ1v) is 6.64. The van der Waals surface area contributed by atoms with Crippen molar-refractivity contribution in [2.75, 3.05) is 13.7 Å². The zero-order valence-corrected chi connectivity index (χ0v) is 12.0. The molecule has 2 rings (SSSR count). The second kappa shape index (κ2) is 6.48. The summed E-state index contributed by atoms with van der Waals surface area (Å²) >= 11 is 0. The Balaban J connectivity index is 2.47. The highest BCUT2D eigenvalue weighted by molar-refractivity contribution is 5.40. The number of rotatable bonds is 5. The maximum absolute atomic E-state index is 13.4. The third-order valence-corrected chi connectivity index (χ3v) is 3.27. The zero-order chi connectivity index (χ0) is 14.5. The van der Waals surface area contributed by atoms with E-state index in [9.17, 15) is 4.39 Å². The second-order valence-electron chi connectivity index (χ2n) is 4.62. The van der Waals surface area contributed by atoms with Crippen molar-refractivity contribution in [2.45, 2.75) is 19.9 Å². The third-order valence-electron chi connectivity index (χ3n) is 3.27. The Morgan fingerprint density at radius 2 is 2.15 bits per heavy atom. The molecule has 0 radical (unpaired) electrons. The standard InChI is InChI=1S/C16H19FN2O/c1-4-19-16(12-5-6-14(17)11(2)9-12)13-7-8-18-10-15(13)20-3/h5-10,16,19H,4H2,1-3H3. The van der Waals surface area contributed by atoms with Gasteiger partial charge in [-0.3, -0.25) is 4.98 Å². The third kappa shape index (κ3) is 2.96. The molecule has 0 aliphatic rings. The van der Waals surface area contributed by atoms with Gasteiger partial charge in [-0.15, -0.1) is 0 Å². The molecule has 1 aromatic carbocycles. The average Bonchev–Trinajstić information content (AvgIpc) is 2.48. The molecule has 3 nitrogen and oxygen atoms in total. The van der Waals surface area contributed by atoms with Crippen LogP contribution in [0.15, 0.2) is 36.7 Å². The number of hydrogen-bond acceptors (Lipinski definition) is 3. The molecule has 0 spiro atoms. The van der Waals surface area contributed by atoms with Gasteiger partial charge < -0.3 is 10.1 Å². The Morgan fingerprint density at radius 3 is 2.80 bits per heavy atom. The number of pyridine rings is 1. The van der Waals surface area contributed by atoms with Crippen LogP contribution in [0.1, 0.15) is 29.7 Å². The Bertz CT molecular complexity index is 586. The second-order valence-corrected chi connectivity index (χ2v) is 4.62. The first kappa shape index (κ1) is 14.5. The van der Waals surface area contributed by atoms with Crippen LogP contribution in [0, 0.1) is 12.7 Å². The van der Waals surface area contributed by atoms with Crippen molar-refractivity contribution < 1.29 is 9.13 Å². The van der Waals surface area contributed by atoms with Gasteiger partial charge in [0.25, 0.3) is 0 Å². The van der Waals surface area contributed by atoms with Crippen LogP contribution in [0.5, 0.6) is 5.75 Å². The van der Waals surface area contributed by atoms with Crippen LogP contribution in [0.25, 0.3) is 0 Å². The zero-order valence-electron chi connectivity index (χ0n) is 12.0. The van der Waals surface area contributed by atoms with Crippen molar-refractivity contribution in [3.05, 3.63) is 59.2 Å². The van der Waals surface area contributed by atoms with E-state index in [1.807, 2.05) is 19.1 Å². The molecule has 1 N–H and O–H groups in total. The lowest BCUT2D eigenvalue weighted by Crippen LogP contribution is -2.22. The molecule has 1 heterocycles. The number of ether oxygens (including phenoxy) is 1. The minimum atomic E-state index is -0.189. The van der Waals surface area contributed by atoms with E-state index in [2.05, 4.69) is 10.3 Å². The van der Waals surface area contributed by atoms with Crippen LogP contribution < -0.4 is 10.1 Å². The van der Waals surface area contributed by atoms with Crippen LogP contribution in [0.4, 0.5) is 4.39 Å². The van der Waals surface area contributed by atoms with Crippen LogP contribution in [-0.4, -0.2) is 18.6 Å². The fourth-order valence-electron chi connectivity index (χ4n) is 2.26. The van der Waals surface area contributed by atoms with Gasteiger partial charge in [-0.2, -0.15) is 0 Å². The monoisotopic (exact) mass is 274 g/mol. The van der Waals surface area contributed by atoms with Gasteiger partial charge in [0.2, 0.25) is 0 Å². The van der Waals surface area contributed by atoms with Gasteiger partial charge in [0.1, 0.15) is 11.6 Å². The Morgan fingerprint density at radius 1 is 1.35 bits per heavy atom. The molecule has 106 valence electrons. The number of methoxy groups -OCH3 is 1. The summed E-state index contributed by atoms with van der Waals surface area (Å²) in [5.41, 5.74) is 2.64. The van der Waals surface area contributed by atoms with Gasteiger partial charge in [0, 0.05) is 11.8 Å². The topological polar surface area (TPSA) is 34.2 Å². The summed E-state index contributed by atoms with van der Waals surface area (Å²) in [5, 5.41) is 3.41. The first-order chi connectivity index (χ1) is 9.67. The fourth-order valence-corrected chi connectivity index (χ4v) is 2.26. The summed E-state index contributed by atoms with van der Waals surface area (Å²) in [6, 6.07) is 7.04. The van der Waals surface area contributed by atoms with E-state index < -0.39 is 0 Å². The molecular weight excluding hydrogens is 255 g/mol. The maximum atomic E-state index is 13.4. The molecule has 1 unspecified atom stereocenters. The van der Waals surface area contributed by atoms with Crippen molar-refractivity contribution in [3.8, 4) is 5.75 Å². The highest BCUT2D eigenvalue weighted by atomic mass is 19.1. The molecule has 1 aromatic heterocycles. The molecule has 2 aromatic rings. The smallest absolute Gasteiger partial charge is 0.142 e. The first-order valence-electron chi connectivity index (χ1n) is 6.64. The predicted octanol–water partition coefficient (Wildman–Crippen LogP) is 3.24. The van der Waals surface area contributed by atoms with Crippen molar-refractivity contribution in [1.29, 1.82) is 0 Å². The number of halogens is 1. The van der Waals surface area contributed by atoms with E-state index in [4.69, 9.17) is 4.74 Å². The van der Waals surface area contributed by atoms with Gasteiger partial charge in [-0.1, -0.05) is 19.1 Å².